The summed E-state index contributed by atoms with van der Waals surface area (Å²) in [4.78, 5) is 6.74. The van der Waals surface area contributed by atoms with Gasteiger partial charge < -0.3 is 9.73 Å². The lowest BCUT2D eigenvalue weighted by Crippen LogP contribution is -2.28. The molecule has 1 aliphatic carbocycles. The lowest BCUT2D eigenvalue weighted by atomic mass is 9.95. The third kappa shape index (κ3) is 3.26. The highest BCUT2D eigenvalue weighted by molar-refractivity contribution is 5.18. The van der Waals surface area contributed by atoms with Crippen LogP contribution in [0.3, 0.4) is 0 Å². The zero-order valence-corrected chi connectivity index (χ0v) is 14.6. The molecular weight excluding hydrogens is 298 g/mol. The molecule has 4 rings (SSSR count). The van der Waals surface area contributed by atoms with Gasteiger partial charge in [0.25, 0.3) is 0 Å². The van der Waals surface area contributed by atoms with Gasteiger partial charge >= 0.3 is 0 Å². The van der Waals surface area contributed by atoms with Crippen LogP contribution in [-0.2, 0) is 6.54 Å². The minimum Gasteiger partial charge on any atom is -0.464 e. The predicted molar refractivity (Wildman–Crippen MR) is 94.7 cm³/mol. The van der Waals surface area contributed by atoms with E-state index in [1.54, 1.807) is 0 Å². The molecule has 3 heterocycles. The van der Waals surface area contributed by atoms with Crippen LogP contribution in [0, 0.1) is 11.8 Å². The molecule has 4 atom stereocenters. The number of nitrogens with one attached hydrogen (secondary N) is 1. The van der Waals surface area contributed by atoms with Crippen molar-refractivity contribution in [2.24, 2.45) is 11.8 Å². The average Bonchev–Trinajstić information content (AvgIpc) is 2.98. The van der Waals surface area contributed by atoms with E-state index < -0.39 is 0 Å². The van der Waals surface area contributed by atoms with Crippen molar-refractivity contribution >= 4 is 0 Å². The van der Waals surface area contributed by atoms with E-state index in [1.165, 1.54) is 24.2 Å². The molecule has 1 aliphatic heterocycles. The highest BCUT2D eigenvalue weighted by Gasteiger charge is 2.36. The molecule has 0 spiro atoms. The van der Waals surface area contributed by atoms with E-state index in [-0.39, 0.29) is 0 Å². The molecule has 0 bridgehead atoms. The van der Waals surface area contributed by atoms with Gasteiger partial charge in [0, 0.05) is 30.9 Å². The first kappa shape index (κ1) is 15.9. The number of furan rings is 1. The van der Waals surface area contributed by atoms with Crippen molar-refractivity contribution in [1.29, 1.82) is 0 Å². The van der Waals surface area contributed by atoms with Gasteiger partial charge in [-0.3, -0.25) is 9.88 Å². The molecule has 4 heteroatoms. The van der Waals surface area contributed by atoms with Gasteiger partial charge in [-0.25, -0.2) is 0 Å². The fourth-order valence-corrected chi connectivity index (χ4v) is 4.11. The largest absolute Gasteiger partial charge is 0.464 e. The summed E-state index contributed by atoms with van der Waals surface area (Å²) in [7, 11) is 2.22. The molecule has 0 amide bonds. The van der Waals surface area contributed by atoms with Crippen molar-refractivity contribution < 1.29 is 4.42 Å². The highest BCUT2D eigenvalue weighted by atomic mass is 16.3. The second-order valence-electron chi connectivity index (χ2n) is 7.52. The Labute approximate surface area is 144 Å². The van der Waals surface area contributed by atoms with Gasteiger partial charge in [-0.05, 0) is 62.0 Å². The normalized spacial score (nSPS) is 29.9. The van der Waals surface area contributed by atoms with E-state index in [4.69, 9.17) is 4.42 Å². The summed E-state index contributed by atoms with van der Waals surface area (Å²) in [6, 6.07) is 8.99. The van der Waals surface area contributed by atoms with Crippen molar-refractivity contribution in [1.82, 2.24) is 15.2 Å². The lowest BCUT2D eigenvalue weighted by Gasteiger charge is -2.25. The van der Waals surface area contributed by atoms with Gasteiger partial charge in [0.2, 0.25) is 0 Å². The maximum Gasteiger partial charge on any atom is 0.117 e. The summed E-state index contributed by atoms with van der Waals surface area (Å²) in [6.45, 7) is 5.28. The number of likely N-dealkylation sites (tertiary alicyclic amines) is 1. The molecule has 0 aromatic carbocycles. The maximum absolute atomic E-state index is 5.99. The molecule has 1 N–H and O–H groups in total. The van der Waals surface area contributed by atoms with Crippen molar-refractivity contribution in [2.45, 2.75) is 38.3 Å². The molecule has 2 unspecified atom stereocenters. The van der Waals surface area contributed by atoms with Crippen molar-refractivity contribution in [3.05, 3.63) is 53.7 Å². The van der Waals surface area contributed by atoms with Crippen LogP contribution in [0.1, 0.15) is 48.8 Å². The standard InChI is InChI=1S/C20H27N3O/c1-14-10-18(14)19-6-5-17(24-19)13-22-12-16-7-9-23(2)20(16)15-4-3-8-21-11-15/h3-6,8,11,14,16,18,20,22H,7,9-10,12-13H2,1-2H3/t14?,16-,18?,20-/m0/s1. The van der Waals surface area contributed by atoms with E-state index in [9.17, 15) is 0 Å². The zero-order valence-electron chi connectivity index (χ0n) is 14.6. The van der Waals surface area contributed by atoms with Gasteiger partial charge in [-0.15, -0.1) is 0 Å². The summed E-state index contributed by atoms with van der Waals surface area (Å²) in [5, 5.41) is 3.61. The number of hydrogen-bond donors (Lipinski definition) is 1. The summed E-state index contributed by atoms with van der Waals surface area (Å²) in [5.41, 5.74) is 1.33. The Morgan fingerprint density at radius 1 is 1.33 bits per heavy atom. The number of hydrogen-bond acceptors (Lipinski definition) is 4. The second-order valence-corrected chi connectivity index (χ2v) is 7.52. The number of aromatic nitrogens is 1. The molecule has 1 saturated carbocycles. The van der Waals surface area contributed by atoms with Gasteiger partial charge in [0.1, 0.15) is 11.5 Å². The lowest BCUT2D eigenvalue weighted by molar-refractivity contribution is 0.270. The van der Waals surface area contributed by atoms with Crippen LogP contribution >= 0.6 is 0 Å². The third-order valence-electron chi connectivity index (χ3n) is 5.66. The van der Waals surface area contributed by atoms with Crippen LogP contribution in [0.25, 0.3) is 0 Å². The Bertz CT molecular complexity index is 669. The minimum absolute atomic E-state index is 0.464. The third-order valence-corrected chi connectivity index (χ3v) is 5.66. The predicted octanol–water partition coefficient (Wildman–Crippen LogP) is 3.58. The van der Waals surface area contributed by atoms with Crippen LogP contribution in [0.15, 0.2) is 41.1 Å². The van der Waals surface area contributed by atoms with E-state index >= 15 is 0 Å². The Kier molecular flexibility index (Phi) is 4.42. The quantitative estimate of drug-likeness (QED) is 0.881. The molecule has 2 aromatic heterocycles. The highest BCUT2D eigenvalue weighted by Crippen LogP contribution is 2.47. The number of rotatable bonds is 6. The van der Waals surface area contributed by atoms with Gasteiger partial charge in [-0.2, -0.15) is 0 Å². The van der Waals surface area contributed by atoms with Crippen molar-refractivity contribution in [2.75, 3.05) is 20.1 Å². The fourth-order valence-electron chi connectivity index (χ4n) is 4.11. The zero-order chi connectivity index (χ0) is 16.5. The van der Waals surface area contributed by atoms with Crippen LogP contribution < -0.4 is 5.32 Å². The summed E-state index contributed by atoms with van der Waals surface area (Å²) >= 11 is 0. The SMILES string of the molecule is CC1CC1c1ccc(CNC[C@@H]2CCN(C)[C@H]2c2cccnc2)o1. The van der Waals surface area contributed by atoms with Gasteiger partial charge in [0.05, 0.1) is 6.54 Å². The van der Waals surface area contributed by atoms with E-state index in [0.717, 1.165) is 31.3 Å². The van der Waals surface area contributed by atoms with Crippen LogP contribution in [-0.4, -0.2) is 30.0 Å². The summed E-state index contributed by atoms with van der Waals surface area (Å²) < 4.78 is 5.99. The molecule has 4 nitrogen and oxygen atoms in total. The summed E-state index contributed by atoms with van der Waals surface area (Å²) in [5.74, 6) is 4.32. The number of pyridine rings is 1. The second kappa shape index (κ2) is 6.69. The van der Waals surface area contributed by atoms with Crippen LogP contribution in [0.2, 0.25) is 0 Å². The first-order valence-corrected chi connectivity index (χ1v) is 9.12. The molecule has 2 aliphatic rings. The van der Waals surface area contributed by atoms with Gasteiger partial charge in [-0.1, -0.05) is 13.0 Å². The van der Waals surface area contributed by atoms with Crippen molar-refractivity contribution in [3.8, 4) is 0 Å². The van der Waals surface area contributed by atoms with Crippen molar-refractivity contribution in [3.63, 3.8) is 0 Å². The smallest absolute Gasteiger partial charge is 0.117 e. The van der Waals surface area contributed by atoms with Crippen LogP contribution in [0.5, 0.6) is 0 Å². The molecule has 128 valence electrons. The Balaban J connectivity index is 1.32. The van der Waals surface area contributed by atoms with E-state index in [1.807, 2.05) is 18.5 Å². The Morgan fingerprint density at radius 3 is 2.96 bits per heavy atom. The molecule has 1 saturated heterocycles. The Morgan fingerprint density at radius 2 is 2.21 bits per heavy atom. The first-order chi connectivity index (χ1) is 11.7. The first-order valence-electron chi connectivity index (χ1n) is 9.12. The minimum atomic E-state index is 0.464. The van der Waals surface area contributed by atoms with E-state index in [2.05, 4.69) is 47.4 Å². The van der Waals surface area contributed by atoms with Gasteiger partial charge in [0.15, 0.2) is 0 Å². The Hall–Kier alpha value is -1.65. The monoisotopic (exact) mass is 325 g/mol. The molecule has 2 fully saturated rings. The molecular formula is C20H27N3O. The number of nitrogens with zero attached hydrogens (tertiary/aromatic N) is 2. The molecule has 24 heavy (non-hydrogen) atoms. The maximum atomic E-state index is 5.99. The summed E-state index contributed by atoms with van der Waals surface area (Å²) in [6.07, 6.45) is 6.36. The average molecular weight is 325 g/mol. The molecule has 0 radical (unpaired) electrons. The topological polar surface area (TPSA) is 41.3 Å². The fraction of sp³-hybridized carbons (Fsp3) is 0.550. The van der Waals surface area contributed by atoms with Crippen LogP contribution in [0.4, 0.5) is 0 Å². The molecule has 2 aromatic rings. The van der Waals surface area contributed by atoms with E-state index in [0.29, 0.717) is 17.9 Å².